The molecule has 10 nitrogen and oxygen atoms in total. The molecular formula is C25H38Cl2FN5O5. The molecule has 1 aliphatic carbocycles. The van der Waals surface area contributed by atoms with Gasteiger partial charge in [-0.05, 0) is 50.4 Å². The number of carbonyl (C=O) groups excluding carboxylic acids is 5. The smallest absolute Gasteiger partial charge is 0.291 e. The Morgan fingerprint density at radius 3 is 2.42 bits per heavy atom. The van der Waals surface area contributed by atoms with Gasteiger partial charge in [0, 0.05) is 12.1 Å². The summed E-state index contributed by atoms with van der Waals surface area (Å²) < 4.78 is 13.9. The number of hydrogen-bond acceptors (Lipinski definition) is 5. The van der Waals surface area contributed by atoms with Crippen molar-refractivity contribution in [3.8, 4) is 0 Å². The van der Waals surface area contributed by atoms with Crippen LogP contribution in [0.2, 0.25) is 0 Å². The first-order chi connectivity index (χ1) is 17.6. The van der Waals surface area contributed by atoms with Gasteiger partial charge in [-0.15, -0.1) is 11.6 Å². The van der Waals surface area contributed by atoms with E-state index >= 15 is 0 Å². The highest BCUT2D eigenvalue weighted by Gasteiger charge is 2.52. The minimum absolute atomic E-state index is 0.0755. The summed E-state index contributed by atoms with van der Waals surface area (Å²) in [5.74, 6) is -4.19. The van der Waals surface area contributed by atoms with Gasteiger partial charge < -0.3 is 15.5 Å². The fourth-order valence-electron chi connectivity index (χ4n) is 5.95. The molecule has 0 spiro atoms. The average molecular weight is 579 g/mol. The van der Waals surface area contributed by atoms with E-state index in [1.54, 1.807) is 20.8 Å². The molecule has 0 aromatic heterocycles. The summed E-state index contributed by atoms with van der Waals surface area (Å²) in [5, 5.41) is 6.24. The maximum absolute atomic E-state index is 13.9. The largest absolute Gasteiger partial charge is 0.351 e. The Hall–Kier alpha value is -2.14. The topological polar surface area (TPSA) is 128 Å². The molecule has 214 valence electrons. The number of rotatable bonds is 7. The number of amides is 5. The van der Waals surface area contributed by atoms with Crippen molar-refractivity contribution in [3.63, 3.8) is 0 Å². The average Bonchev–Trinajstić information content (AvgIpc) is 3.46. The lowest BCUT2D eigenvalue weighted by Crippen LogP contribution is -2.61. The molecule has 3 N–H and O–H groups in total. The molecule has 2 heterocycles. The van der Waals surface area contributed by atoms with E-state index in [1.807, 2.05) is 13.8 Å². The second kappa shape index (κ2) is 11.5. The molecule has 0 bridgehead atoms. The van der Waals surface area contributed by atoms with Crippen molar-refractivity contribution < 1.29 is 28.4 Å². The van der Waals surface area contributed by atoms with Crippen LogP contribution in [0, 0.1) is 23.2 Å². The molecule has 5 amide bonds. The number of alkyl halides is 3. The molecule has 13 heteroatoms. The summed E-state index contributed by atoms with van der Waals surface area (Å²) >= 11 is 11.1. The summed E-state index contributed by atoms with van der Waals surface area (Å²) in [6, 6.07) is -1.88. The molecule has 0 aromatic rings. The summed E-state index contributed by atoms with van der Waals surface area (Å²) in [7, 11) is 0. The Labute approximate surface area is 232 Å². The lowest BCUT2D eigenvalue weighted by Gasteiger charge is -2.37. The third kappa shape index (κ3) is 6.70. The Morgan fingerprint density at radius 1 is 1.24 bits per heavy atom. The predicted octanol–water partition coefficient (Wildman–Crippen LogP) is 1.69. The maximum atomic E-state index is 13.9. The molecule has 2 saturated heterocycles. The zero-order valence-corrected chi connectivity index (χ0v) is 24.0. The summed E-state index contributed by atoms with van der Waals surface area (Å²) in [4.78, 5) is 66.1. The third-order valence-electron chi connectivity index (χ3n) is 7.67. The Bertz CT molecular complexity index is 972. The molecule has 0 aromatic carbocycles. The molecule has 6 atom stereocenters. The van der Waals surface area contributed by atoms with Crippen molar-refractivity contribution in [2.45, 2.75) is 83.6 Å². The van der Waals surface area contributed by atoms with Gasteiger partial charge in [0.25, 0.3) is 17.4 Å². The van der Waals surface area contributed by atoms with Gasteiger partial charge in [-0.25, -0.2) is 9.40 Å². The van der Waals surface area contributed by atoms with E-state index in [4.69, 9.17) is 23.2 Å². The van der Waals surface area contributed by atoms with Gasteiger partial charge in [-0.1, -0.05) is 38.8 Å². The standard InChI is InChI=1S/C25H38Cl2FN5O5/c1-24(2,3)18(29-16(34)10-26)22(37)32-11-13-7-6-8-15(13)17(32)21(36)31-33(23(38)19(27)28)12-14-9-25(4,5)30-20(14)35/h13-15,17-19H,6-12H2,1-5H3,(H,29,34)(H,30,35)(H,31,36)/t13-,14-,15-,17-,18+,19-/m0/s1. The number of halogens is 3. The van der Waals surface area contributed by atoms with E-state index in [0.29, 0.717) is 19.4 Å². The van der Waals surface area contributed by atoms with Crippen molar-refractivity contribution >= 4 is 52.7 Å². The van der Waals surface area contributed by atoms with Crippen molar-refractivity contribution in [1.29, 1.82) is 0 Å². The third-order valence-corrected chi connectivity index (χ3v) is 8.10. The number of carbonyl (C=O) groups is 5. The number of likely N-dealkylation sites (tertiary alicyclic amines) is 1. The second-order valence-electron chi connectivity index (χ2n) is 12.3. The Balaban J connectivity index is 1.86. The van der Waals surface area contributed by atoms with Crippen LogP contribution in [0.15, 0.2) is 0 Å². The zero-order chi connectivity index (χ0) is 28.6. The highest BCUT2D eigenvalue weighted by Crippen LogP contribution is 2.43. The van der Waals surface area contributed by atoms with Gasteiger partial charge in [0.1, 0.15) is 18.0 Å². The molecule has 0 radical (unpaired) electrons. The predicted molar refractivity (Wildman–Crippen MR) is 139 cm³/mol. The van der Waals surface area contributed by atoms with E-state index in [9.17, 15) is 28.4 Å². The minimum atomic E-state index is -2.43. The molecule has 3 fully saturated rings. The maximum Gasteiger partial charge on any atom is 0.291 e. The van der Waals surface area contributed by atoms with Gasteiger partial charge in [-0.2, -0.15) is 0 Å². The SMILES string of the molecule is CC1(C)C[C@@H](CN(NC(=O)[C@@H]2[C@H]3CCC[C@H]3CN2C(=O)[C@@H](NC(=O)CCl)C(C)(C)C)C(=O)[C@H](F)Cl)C(=O)N1. The number of hydrogen-bond donors (Lipinski definition) is 3. The van der Waals surface area contributed by atoms with E-state index < -0.39 is 58.2 Å². The van der Waals surface area contributed by atoms with Crippen LogP contribution in [0.4, 0.5) is 4.39 Å². The van der Waals surface area contributed by atoms with E-state index in [1.165, 1.54) is 4.90 Å². The summed E-state index contributed by atoms with van der Waals surface area (Å²) in [6.45, 7) is 9.10. The van der Waals surface area contributed by atoms with E-state index in [2.05, 4.69) is 16.1 Å². The first-order valence-corrected chi connectivity index (χ1v) is 13.9. The van der Waals surface area contributed by atoms with Crippen molar-refractivity contribution in [2.75, 3.05) is 19.0 Å². The second-order valence-corrected chi connectivity index (χ2v) is 12.9. The number of nitrogens with zero attached hydrogens (tertiary/aromatic N) is 2. The van der Waals surface area contributed by atoms with Gasteiger partial charge in [0.15, 0.2) is 0 Å². The quantitative estimate of drug-likeness (QED) is 0.313. The fraction of sp³-hybridized carbons (Fsp3) is 0.800. The molecule has 2 aliphatic heterocycles. The zero-order valence-electron chi connectivity index (χ0n) is 22.5. The van der Waals surface area contributed by atoms with Crippen LogP contribution in [0.3, 0.4) is 0 Å². The highest BCUT2D eigenvalue weighted by atomic mass is 35.5. The van der Waals surface area contributed by atoms with Gasteiger partial charge in [0.2, 0.25) is 17.7 Å². The molecule has 0 unspecified atom stereocenters. The monoisotopic (exact) mass is 577 g/mol. The van der Waals surface area contributed by atoms with Gasteiger partial charge in [-0.3, -0.25) is 29.4 Å². The number of fused-ring (bicyclic) bond motifs is 1. The van der Waals surface area contributed by atoms with Crippen LogP contribution in [-0.4, -0.2) is 81.7 Å². The molecule has 3 aliphatic rings. The fourth-order valence-corrected chi connectivity index (χ4v) is 6.15. The van der Waals surface area contributed by atoms with Gasteiger partial charge >= 0.3 is 0 Å². The summed E-state index contributed by atoms with van der Waals surface area (Å²) in [6.07, 6.45) is 2.80. The normalized spacial score (nSPS) is 27.8. The Kier molecular flexibility index (Phi) is 9.23. The van der Waals surface area contributed by atoms with Crippen LogP contribution in [0.25, 0.3) is 0 Å². The molecule has 38 heavy (non-hydrogen) atoms. The van der Waals surface area contributed by atoms with E-state index in [0.717, 1.165) is 17.9 Å². The van der Waals surface area contributed by atoms with Crippen LogP contribution in [0.1, 0.15) is 60.3 Å². The van der Waals surface area contributed by atoms with Crippen molar-refractivity contribution in [1.82, 2.24) is 26.0 Å². The van der Waals surface area contributed by atoms with Crippen LogP contribution in [-0.2, 0) is 24.0 Å². The number of nitrogens with one attached hydrogen (secondary N) is 3. The van der Waals surface area contributed by atoms with Crippen LogP contribution < -0.4 is 16.1 Å². The molecular weight excluding hydrogens is 540 g/mol. The number of hydrazine groups is 1. The van der Waals surface area contributed by atoms with Crippen LogP contribution in [0.5, 0.6) is 0 Å². The first kappa shape index (κ1) is 30.4. The highest BCUT2D eigenvalue weighted by molar-refractivity contribution is 6.29. The lowest BCUT2D eigenvalue weighted by molar-refractivity contribution is -0.150. The minimum Gasteiger partial charge on any atom is -0.351 e. The molecule has 1 saturated carbocycles. The van der Waals surface area contributed by atoms with Crippen LogP contribution >= 0.6 is 23.2 Å². The first-order valence-electron chi connectivity index (χ1n) is 12.9. The molecule has 3 rings (SSSR count). The van der Waals surface area contributed by atoms with Gasteiger partial charge in [0.05, 0.1) is 12.5 Å². The lowest BCUT2D eigenvalue weighted by atomic mass is 9.85. The van der Waals surface area contributed by atoms with Crippen molar-refractivity contribution in [3.05, 3.63) is 0 Å². The summed E-state index contributed by atoms with van der Waals surface area (Å²) in [5.41, 5.74) is -1.14. The Morgan fingerprint density at radius 2 is 1.89 bits per heavy atom. The van der Waals surface area contributed by atoms with E-state index in [-0.39, 0.29) is 30.2 Å². The van der Waals surface area contributed by atoms with Crippen molar-refractivity contribution in [2.24, 2.45) is 23.2 Å².